The highest BCUT2D eigenvalue weighted by atomic mass is 35.5. The predicted molar refractivity (Wildman–Crippen MR) is 81.3 cm³/mol. The van der Waals surface area contributed by atoms with Crippen LogP contribution in [0.4, 0.5) is 0 Å². The fraction of sp³-hybridized carbons (Fsp3) is 0. The van der Waals surface area contributed by atoms with Crippen molar-refractivity contribution in [3.63, 3.8) is 0 Å². The predicted octanol–water partition coefficient (Wildman–Crippen LogP) is 5.54. The fourth-order valence-corrected chi connectivity index (χ4v) is 1.92. The maximum absolute atomic E-state index is 11.9. The van der Waals surface area contributed by atoms with E-state index >= 15 is 0 Å². The molecule has 0 amide bonds. The molecule has 0 atom stereocenters. The summed E-state index contributed by atoms with van der Waals surface area (Å²) in [5.41, 5.74) is 1.40. The Bertz CT molecular complexity index is 630. The molecule has 2 aromatic carbocycles. The number of benzene rings is 2. The second-order valence-electron chi connectivity index (χ2n) is 3.88. The first-order valence-electron chi connectivity index (χ1n) is 5.49. The Hall–Kier alpha value is -1.28. The van der Waals surface area contributed by atoms with Gasteiger partial charge in [-0.1, -0.05) is 53.0 Å². The molecule has 4 heteroatoms. The van der Waals surface area contributed by atoms with Crippen LogP contribution in [0.3, 0.4) is 0 Å². The van der Waals surface area contributed by atoms with Gasteiger partial charge in [0.25, 0.3) is 0 Å². The van der Waals surface area contributed by atoms with Crippen molar-refractivity contribution >= 4 is 46.7 Å². The minimum Gasteiger partial charge on any atom is -0.289 e. The van der Waals surface area contributed by atoms with E-state index in [0.717, 1.165) is 5.56 Å². The van der Waals surface area contributed by atoms with Crippen molar-refractivity contribution in [3.05, 3.63) is 74.7 Å². The van der Waals surface area contributed by atoms with Gasteiger partial charge in [-0.3, -0.25) is 4.79 Å². The summed E-state index contributed by atoms with van der Waals surface area (Å²) in [6.07, 6.45) is 3.21. The highest BCUT2D eigenvalue weighted by Gasteiger charge is 2.04. The Balaban J connectivity index is 2.16. The van der Waals surface area contributed by atoms with Crippen molar-refractivity contribution in [2.75, 3.05) is 0 Å². The third kappa shape index (κ3) is 3.84. The van der Waals surface area contributed by atoms with Crippen LogP contribution < -0.4 is 0 Å². The molecule has 0 aromatic heterocycles. The number of hydrogen-bond acceptors (Lipinski definition) is 1. The Kier molecular flexibility index (Phi) is 4.65. The zero-order valence-electron chi connectivity index (χ0n) is 9.74. The molecule has 0 aliphatic heterocycles. The summed E-state index contributed by atoms with van der Waals surface area (Å²) in [5, 5.41) is 1.46. The van der Waals surface area contributed by atoms with E-state index in [1.807, 2.05) is 12.1 Å². The molecule has 0 aliphatic carbocycles. The third-order valence-electron chi connectivity index (χ3n) is 2.50. The van der Waals surface area contributed by atoms with Gasteiger partial charge in [-0.15, -0.1) is 0 Å². The summed E-state index contributed by atoms with van der Waals surface area (Å²) >= 11 is 17.5. The Morgan fingerprint density at radius 3 is 2.21 bits per heavy atom. The van der Waals surface area contributed by atoms with Crippen LogP contribution in [0.15, 0.2) is 48.5 Å². The van der Waals surface area contributed by atoms with E-state index in [9.17, 15) is 4.79 Å². The van der Waals surface area contributed by atoms with Gasteiger partial charge in [-0.25, -0.2) is 0 Å². The van der Waals surface area contributed by atoms with Crippen LogP contribution in [0.25, 0.3) is 6.08 Å². The van der Waals surface area contributed by atoms with Crippen molar-refractivity contribution in [2.45, 2.75) is 0 Å². The molecular formula is C15H9Cl3O. The van der Waals surface area contributed by atoms with Crippen molar-refractivity contribution in [1.29, 1.82) is 0 Å². The standard InChI is InChI=1S/C15H9Cl3O/c16-12-5-1-10(2-6-12)3-8-15(19)11-4-7-13(17)14(18)9-11/h1-9H. The van der Waals surface area contributed by atoms with Gasteiger partial charge in [-0.2, -0.15) is 0 Å². The van der Waals surface area contributed by atoms with Gasteiger partial charge in [0.05, 0.1) is 10.0 Å². The van der Waals surface area contributed by atoms with Crippen LogP contribution in [-0.2, 0) is 0 Å². The highest BCUT2D eigenvalue weighted by Crippen LogP contribution is 2.23. The molecule has 0 unspecified atom stereocenters. The summed E-state index contributed by atoms with van der Waals surface area (Å²) in [5.74, 6) is -0.131. The van der Waals surface area contributed by atoms with Crippen LogP contribution in [-0.4, -0.2) is 5.78 Å². The molecule has 2 aromatic rings. The summed E-state index contributed by atoms with van der Waals surface area (Å²) < 4.78 is 0. The maximum Gasteiger partial charge on any atom is 0.185 e. The van der Waals surface area contributed by atoms with Crippen LogP contribution in [0, 0.1) is 0 Å². The topological polar surface area (TPSA) is 17.1 Å². The Morgan fingerprint density at radius 2 is 1.58 bits per heavy atom. The van der Waals surface area contributed by atoms with Crippen molar-refractivity contribution in [2.24, 2.45) is 0 Å². The minimum atomic E-state index is -0.131. The average molecular weight is 312 g/mol. The molecule has 19 heavy (non-hydrogen) atoms. The zero-order valence-corrected chi connectivity index (χ0v) is 12.0. The van der Waals surface area contributed by atoms with Crippen LogP contribution >= 0.6 is 34.8 Å². The molecule has 0 aliphatic rings. The number of carbonyl (C=O) groups excluding carboxylic acids is 1. The molecule has 2 rings (SSSR count). The van der Waals surface area contributed by atoms with Crippen LogP contribution in [0.5, 0.6) is 0 Å². The zero-order chi connectivity index (χ0) is 13.8. The smallest absolute Gasteiger partial charge is 0.185 e. The molecular weight excluding hydrogens is 303 g/mol. The summed E-state index contributed by atoms with van der Waals surface area (Å²) in [4.78, 5) is 11.9. The van der Waals surface area contributed by atoms with Crippen molar-refractivity contribution < 1.29 is 4.79 Å². The quantitative estimate of drug-likeness (QED) is 0.537. The lowest BCUT2D eigenvalue weighted by Gasteiger charge is -1.99. The molecule has 1 nitrogen and oxygen atoms in total. The van der Waals surface area contributed by atoms with Gasteiger partial charge in [-0.05, 0) is 42.0 Å². The van der Waals surface area contributed by atoms with Gasteiger partial charge in [0, 0.05) is 10.6 Å². The van der Waals surface area contributed by atoms with Crippen LogP contribution in [0.2, 0.25) is 15.1 Å². The molecule has 0 radical (unpaired) electrons. The summed E-state index contributed by atoms with van der Waals surface area (Å²) in [6, 6.07) is 12.0. The van der Waals surface area contributed by atoms with Gasteiger partial charge in [0.2, 0.25) is 0 Å². The van der Waals surface area contributed by atoms with Gasteiger partial charge >= 0.3 is 0 Å². The molecule has 0 N–H and O–H groups in total. The van der Waals surface area contributed by atoms with E-state index in [4.69, 9.17) is 34.8 Å². The lowest BCUT2D eigenvalue weighted by molar-refractivity contribution is 0.104. The molecule has 0 bridgehead atoms. The number of halogens is 3. The van der Waals surface area contributed by atoms with Crippen LogP contribution in [0.1, 0.15) is 15.9 Å². The molecule has 0 spiro atoms. The molecule has 0 saturated carbocycles. The summed E-state index contributed by atoms with van der Waals surface area (Å²) in [7, 11) is 0. The first-order chi connectivity index (χ1) is 9.06. The number of rotatable bonds is 3. The molecule has 96 valence electrons. The Labute approximate surface area is 126 Å². The van der Waals surface area contributed by atoms with Crippen molar-refractivity contribution in [3.8, 4) is 0 Å². The second kappa shape index (κ2) is 6.25. The molecule has 0 heterocycles. The average Bonchev–Trinajstić information content (AvgIpc) is 2.41. The van der Waals surface area contributed by atoms with E-state index in [0.29, 0.717) is 20.6 Å². The number of ketones is 1. The van der Waals surface area contributed by atoms with E-state index in [1.165, 1.54) is 6.08 Å². The van der Waals surface area contributed by atoms with Gasteiger partial charge in [0.1, 0.15) is 0 Å². The SMILES string of the molecule is O=C(C=Cc1ccc(Cl)cc1)c1ccc(Cl)c(Cl)c1. The first-order valence-corrected chi connectivity index (χ1v) is 6.63. The number of hydrogen-bond donors (Lipinski definition) is 0. The minimum absolute atomic E-state index is 0.131. The molecule has 0 fully saturated rings. The van der Waals surface area contributed by atoms with E-state index in [1.54, 1.807) is 36.4 Å². The van der Waals surface area contributed by atoms with Crippen molar-refractivity contribution in [1.82, 2.24) is 0 Å². The normalized spacial score (nSPS) is 10.9. The van der Waals surface area contributed by atoms with E-state index in [-0.39, 0.29) is 5.78 Å². The number of allylic oxidation sites excluding steroid dienone is 1. The maximum atomic E-state index is 11.9. The first kappa shape index (κ1) is 14.1. The summed E-state index contributed by atoms with van der Waals surface area (Å²) in [6.45, 7) is 0. The lowest BCUT2D eigenvalue weighted by atomic mass is 10.1. The highest BCUT2D eigenvalue weighted by molar-refractivity contribution is 6.42. The largest absolute Gasteiger partial charge is 0.289 e. The lowest BCUT2D eigenvalue weighted by Crippen LogP contribution is -1.93. The van der Waals surface area contributed by atoms with E-state index in [2.05, 4.69) is 0 Å². The van der Waals surface area contributed by atoms with Gasteiger partial charge in [0.15, 0.2) is 5.78 Å². The fourth-order valence-electron chi connectivity index (χ4n) is 1.49. The van der Waals surface area contributed by atoms with E-state index < -0.39 is 0 Å². The third-order valence-corrected chi connectivity index (χ3v) is 3.49. The monoisotopic (exact) mass is 310 g/mol. The second-order valence-corrected chi connectivity index (χ2v) is 5.13. The Morgan fingerprint density at radius 1 is 0.895 bits per heavy atom. The number of carbonyl (C=O) groups is 1. The molecule has 0 saturated heterocycles. The van der Waals surface area contributed by atoms with Gasteiger partial charge < -0.3 is 0 Å².